The highest BCUT2D eigenvalue weighted by atomic mass is 16.2. The van der Waals surface area contributed by atoms with E-state index in [4.69, 9.17) is 0 Å². The molecule has 1 fully saturated rings. The monoisotopic (exact) mass is 327 g/mol. The zero-order chi connectivity index (χ0) is 16.8. The molecule has 1 N–H and O–H groups in total. The largest absolute Gasteiger partial charge is 0.351 e. The summed E-state index contributed by atoms with van der Waals surface area (Å²) in [6.07, 6.45) is 5.62. The van der Waals surface area contributed by atoms with Crippen molar-refractivity contribution in [3.05, 3.63) is 48.5 Å². The third-order valence-corrected chi connectivity index (χ3v) is 4.70. The molecule has 1 aliphatic rings. The van der Waals surface area contributed by atoms with Gasteiger partial charge in [-0.1, -0.05) is 30.3 Å². The number of nitrogens with one attached hydrogen (secondary N) is 1. The number of hydrogen-bond donors (Lipinski definition) is 1. The maximum absolute atomic E-state index is 12.5. The smallest absolute Gasteiger partial charge is 0.237 e. The van der Waals surface area contributed by atoms with Gasteiger partial charge in [-0.15, -0.1) is 0 Å². The van der Waals surface area contributed by atoms with Crippen LogP contribution in [0, 0.1) is 5.92 Å². The van der Waals surface area contributed by atoms with Crippen molar-refractivity contribution in [2.24, 2.45) is 5.92 Å². The molecular formula is C18H25N5O. The van der Waals surface area contributed by atoms with Crippen molar-refractivity contribution < 1.29 is 4.79 Å². The third kappa shape index (κ3) is 4.41. The van der Waals surface area contributed by atoms with E-state index in [9.17, 15) is 4.79 Å². The maximum Gasteiger partial charge on any atom is 0.237 e. The Bertz CT molecular complexity index is 628. The average Bonchev–Trinajstić information content (AvgIpc) is 3.13. The summed E-state index contributed by atoms with van der Waals surface area (Å²) in [5.74, 6) is 0.616. The van der Waals surface area contributed by atoms with Crippen LogP contribution in [0.4, 0.5) is 0 Å². The molecule has 0 saturated carbocycles. The molecule has 6 nitrogen and oxygen atoms in total. The summed E-state index contributed by atoms with van der Waals surface area (Å²) in [5, 5.41) is 7.23. The van der Waals surface area contributed by atoms with Crippen molar-refractivity contribution in [2.45, 2.75) is 38.9 Å². The Hall–Kier alpha value is -2.21. The van der Waals surface area contributed by atoms with E-state index >= 15 is 0 Å². The summed E-state index contributed by atoms with van der Waals surface area (Å²) in [6.45, 7) is 5.36. The van der Waals surface area contributed by atoms with Crippen molar-refractivity contribution >= 4 is 5.91 Å². The summed E-state index contributed by atoms with van der Waals surface area (Å²) in [6, 6.07) is 9.91. The zero-order valence-electron chi connectivity index (χ0n) is 14.1. The van der Waals surface area contributed by atoms with Crippen LogP contribution in [0.25, 0.3) is 0 Å². The van der Waals surface area contributed by atoms with E-state index in [1.807, 2.05) is 41.9 Å². The Balaban J connectivity index is 1.49. The van der Waals surface area contributed by atoms with Gasteiger partial charge in [0, 0.05) is 19.6 Å². The van der Waals surface area contributed by atoms with E-state index in [-0.39, 0.29) is 11.9 Å². The standard InChI is InChI=1S/C18H25N5O/c1-15(18(24)20-10-16-6-3-2-4-7-16)22-9-5-8-17(11-22)12-23-14-19-13-21-23/h2-4,6-7,13-15,17H,5,8-12H2,1H3,(H,20,24)/t15-,17-/m1/s1. The highest BCUT2D eigenvalue weighted by Gasteiger charge is 2.27. The number of benzene rings is 1. The number of likely N-dealkylation sites (tertiary alicyclic amines) is 1. The van der Waals surface area contributed by atoms with Gasteiger partial charge in [0.15, 0.2) is 0 Å². The molecule has 0 radical (unpaired) electrons. The van der Waals surface area contributed by atoms with E-state index in [1.165, 1.54) is 6.42 Å². The molecule has 1 aliphatic heterocycles. The minimum absolute atomic E-state index is 0.0975. The Kier molecular flexibility index (Phi) is 5.59. The first-order valence-corrected chi connectivity index (χ1v) is 8.60. The van der Waals surface area contributed by atoms with Crippen molar-refractivity contribution in [1.29, 1.82) is 0 Å². The number of carbonyl (C=O) groups excluding carboxylic acids is 1. The molecule has 1 amide bonds. The van der Waals surface area contributed by atoms with Crippen LogP contribution in [0.3, 0.4) is 0 Å². The molecule has 0 bridgehead atoms. The van der Waals surface area contributed by atoms with Crippen molar-refractivity contribution in [2.75, 3.05) is 13.1 Å². The number of hydrogen-bond acceptors (Lipinski definition) is 4. The predicted octanol–water partition coefficient (Wildman–Crippen LogP) is 1.69. The number of rotatable bonds is 6. The van der Waals surface area contributed by atoms with Gasteiger partial charge in [0.2, 0.25) is 5.91 Å². The average molecular weight is 327 g/mol. The van der Waals surface area contributed by atoms with Crippen LogP contribution in [0.1, 0.15) is 25.3 Å². The lowest BCUT2D eigenvalue weighted by Gasteiger charge is -2.36. The van der Waals surface area contributed by atoms with Crippen molar-refractivity contribution in [1.82, 2.24) is 25.0 Å². The van der Waals surface area contributed by atoms with Crippen LogP contribution >= 0.6 is 0 Å². The Morgan fingerprint density at radius 3 is 2.96 bits per heavy atom. The Labute approximate surface area is 142 Å². The van der Waals surface area contributed by atoms with Crippen molar-refractivity contribution in [3.63, 3.8) is 0 Å². The first-order chi connectivity index (χ1) is 11.7. The van der Waals surface area contributed by atoms with E-state index < -0.39 is 0 Å². The van der Waals surface area contributed by atoms with Crippen LogP contribution in [-0.4, -0.2) is 44.7 Å². The minimum Gasteiger partial charge on any atom is -0.351 e. The van der Waals surface area contributed by atoms with Gasteiger partial charge >= 0.3 is 0 Å². The first-order valence-electron chi connectivity index (χ1n) is 8.60. The molecule has 6 heteroatoms. The normalized spacial score (nSPS) is 19.8. The van der Waals surface area contributed by atoms with Gasteiger partial charge in [0.25, 0.3) is 0 Å². The lowest BCUT2D eigenvalue weighted by atomic mass is 9.96. The van der Waals surface area contributed by atoms with Crippen LogP contribution in [0.2, 0.25) is 0 Å². The quantitative estimate of drug-likeness (QED) is 0.877. The summed E-state index contributed by atoms with van der Waals surface area (Å²) in [7, 11) is 0. The lowest BCUT2D eigenvalue weighted by Crippen LogP contribution is -2.49. The fourth-order valence-corrected chi connectivity index (χ4v) is 3.29. The molecule has 2 aromatic rings. The Morgan fingerprint density at radius 1 is 1.38 bits per heavy atom. The third-order valence-electron chi connectivity index (χ3n) is 4.70. The molecule has 1 saturated heterocycles. The Morgan fingerprint density at radius 2 is 2.21 bits per heavy atom. The van der Waals surface area contributed by atoms with E-state index in [1.54, 1.807) is 12.7 Å². The number of amides is 1. The second kappa shape index (κ2) is 8.06. The van der Waals surface area contributed by atoms with Crippen LogP contribution < -0.4 is 5.32 Å². The van der Waals surface area contributed by atoms with E-state index in [2.05, 4.69) is 20.3 Å². The van der Waals surface area contributed by atoms with Crippen LogP contribution in [0.15, 0.2) is 43.0 Å². The van der Waals surface area contributed by atoms with Crippen molar-refractivity contribution in [3.8, 4) is 0 Å². The second-order valence-corrected chi connectivity index (χ2v) is 6.50. The number of piperidine rings is 1. The van der Waals surface area contributed by atoms with Gasteiger partial charge in [0.1, 0.15) is 12.7 Å². The van der Waals surface area contributed by atoms with E-state index in [0.717, 1.165) is 31.6 Å². The van der Waals surface area contributed by atoms with Gasteiger partial charge in [-0.05, 0) is 37.8 Å². The number of carbonyl (C=O) groups is 1. The molecule has 3 rings (SSSR count). The maximum atomic E-state index is 12.5. The summed E-state index contributed by atoms with van der Waals surface area (Å²) in [5.41, 5.74) is 1.13. The molecule has 2 atom stereocenters. The molecular weight excluding hydrogens is 302 g/mol. The van der Waals surface area contributed by atoms with Crippen LogP contribution in [0.5, 0.6) is 0 Å². The van der Waals surface area contributed by atoms with Gasteiger partial charge in [-0.2, -0.15) is 5.10 Å². The SMILES string of the molecule is C[C@H](C(=O)NCc1ccccc1)N1CCC[C@@H](Cn2cncn2)C1. The van der Waals surface area contributed by atoms with Gasteiger partial charge in [-0.3, -0.25) is 14.4 Å². The fraction of sp³-hybridized carbons (Fsp3) is 0.500. The highest BCUT2D eigenvalue weighted by Crippen LogP contribution is 2.20. The fourth-order valence-electron chi connectivity index (χ4n) is 3.29. The summed E-state index contributed by atoms with van der Waals surface area (Å²) in [4.78, 5) is 18.7. The molecule has 0 unspecified atom stereocenters. The topological polar surface area (TPSA) is 63.1 Å². The molecule has 128 valence electrons. The predicted molar refractivity (Wildman–Crippen MR) is 92.1 cm³/mol. The molecule has 1 aromatic carbocycles. The molecule has 24 heavy (non-hydrogen) atoms. The minimum atomic E-state index is -0.104. The molecule has 0 spiro atoms. The number of aromatic nitrogens is 3. The lowest BCUT2D eigenvalue weighted by molar-refractivity contribution is -0.126. The summed E-state index contributed by atoms with van der Waals surface area (Å²) < 4.78 is 1.88. The molecule has 2 heterocycles. The first kappa shape index (κ1) is 16.6. The highest BCUT2D eigenvalue weighted by molar-refractivity contribution is 5.81. The molecule has 1 aromatic heterocycles. The van der Waals surface area contributed by atoms with Crippen LogP contribution in [-0.2, 0) is 17.9 Å². The van der Waals surface area contributed by atoms with E-state index in [0.29, 0.717) is 12.5 Å². The van der Waals surface area contributed by atoms with Gasteiger partial charge in [-0.25, -0.2) is 4.98 Å². The second-order valence-electron chi connectivity index (χ2n) is 6.50. The zero-order valence-corrected chi connectivity index (χ0v) is 14.1. The van der Waals surface area contributed by atoms with Gasteiger partial charge in [0.05, 0.1) is 6.04 Å². The van der Waals surface area contributed by atoms with Gasteiger partial charge < -0.3 is 5.32 Å². The number of nitrogens with zero attached hydrogens (tertiary/aromatic N) is 4. The molecule has 0 aliphatic carbocycles. The summed E-state index contributed by atoms with van der Waals surface area (Å²) >= 11 is 0.